The van der Waals surface area contributed by atoms with E-state index in [1.165, 1.54) is 0 Å². The van der Waals surface area contributed by atoms with Crippen LogP contribution in [-0.2, 0) is 0 Å². The van der Waals surface area contributed by atoms with Crippen molar-refractivity contribution >= 4 is 0 Å². The minimum absolute atomic E-state index is 0.0911. The molecule has 0 aliphatic heterocycles. The predicted octanol–water partition coefficient (Wildman–Crippen LogP) is 2.42. The van der Waals surface area contributed by atoms with Gasteiger partial charge in [0.05, 0.1) is 19.3 Å². The van der Waals surface area contributed by atoms with Gasteiger partial charge in [0, 0.05) is 12.1 Å². The molecule has 0 radical (unpaired) electrons. The van der Waals surface area contributed by atoms with Gasteiger partial charge in [0.15, 0.2) is 0 Å². The molecule has 88 valence electrons. The summed E-state index contributed by atoms with van der Waals surface area (Å²) >= 11 is 0. The molecule has 1 aliphatic carbocycles. The van der Waals surface area contributed by atoms with Crippen LogP contribution in [0.4, 0.5) is 0 Å². The van der Waals surface area contributed by atoms with Crippen molar-refractivity contribution in [3.05, 3.63) is 12.1 Å². The lowest BCUT2D eigenvalue weighted by atomic mass is 10.4. The zero-order valence-corrected chi connectivity index (χ0v) is 9.90. The predicted molar refractivity (Wildman–Crippen MR) is 60.2 cm³/mol. The molecule has 0 atom stereocenters. The quantitative estimate of drug-likeness (QED) is 0.768. The van der Waals surface area contributed by atoms with Crippen molar-refractivity contribution in [3.63, 3.8) is 0 Å². The second-order valence-corrected chi connectivity index (χ2v) is 4.17. The maximum atomic E-state index is 5.69. The molecule has 1 aromatic heterocycles. The molecule has 1 saturated carbocycles. The van der Waals surface area contributed by atoms with Gasteiger partial charge in [-0.25, -0.2) is 0 Å². The van der Waals surface area contributed by atoms with Crippen LogP contribution >= 0.6 is 0 Å². The summed E-state index contributed by atoms with van der Waals surface area (Å²) in [6.45, 7) is 3.92. The van der Waals surface area contributed by atoms with E-state index in [4.69, 9.17) is 14.2 Å². The largest absolute Gasteiger partial charge is 0.490 e. The van der Waals surface area contributed by atoms with Gasteiger partial charge < -0.3 is 14.2 Å². The van der Waals surface area contributed by atoms with E-state index in [0.717, 1.165) is 18.6 Å². The summed E-state index contributed by atoms with van der Waals surface area (Å²) in [6.07, 6.45) is 2.71. The fourth-order valence-electron chi connectivity index (χ4n) is 1.31. The van der Waals surface area contributed by atoms with Gasteiger partial charge in [-0.2, -0.15) is 4.98 Å². The monoisotopic (exact) mass is 223 g/mol. The SMILES string of the molecule is COc1cc(OC2CC2)cc(OC(C)C)n1. The lowest BCUT2D eigenvalue weighted by molar-refractivity contribution is 0.225. The number of aromatic nitrogens is 1. The molecule has 0 unspecified atom stereocenters. The highest BCUT2D eigenvalue weighted by atomic mass is 16.5. The van der Waals surface area contributed by atoms with Crippen molar-refractivity contribution < 1.29 is 14.2 Å². The van der Waals surface area contributed by atoms with E-state index in [9.17, 15) is 0 Å². The summed E-state index contributed by atoms with van der Waals surface area (Å²) in [6, 6.07) is 3.59. The highest BCUT2D eigenvalue weighted by Gasteiger charge is 2.24. The molecule has 0 bridgehead atoms. The molecular formula is C12H17NO3. The molecule has 4 nitrogen and oxygen atoms in total. The summed E-state index contributed by atoms with van der Waals surface area (Å²) < 4.78 is 16.3. The Morgan fingerprint density at radius 3 is 2.50 bits per heavy atom. The second-order valence-electron chi connectivity index (χ2n) is 4.17. The van der Waals surface area contributed by atoms with Crippen LogP contribution in [0.25, 0.3) is 0 Å². The van der Waals surface area contributed by atoms with E-state index in [2.05, 4.69) is 4.98 Å². The Kier molecular flexibility index (Phi) is 3.17. The van der Waals surface area contributed by atoms with Crippen molar-refractivity contribution in [3.8, 4) is 17.5 Å². The van der Waals surface area contributed by atoms with E-state index in [1.807, 2.05) is 13.8 Å². The highest BCUT2D eigenvalue weighted by Crippen LogP contribution is 2.30. The van der Waals surface area contributed by atoms with Gasteiger partial charge >= 0.3 is 0 Å². The Labute approximate surface area is 95.5 Å². The molecule has 0 saturated heterocycles. The molecule has 1 aromatic rings. The molecule has 1 fully saturated rings. The van der Waals surface area contributed by atoms with Crippen molar-refractivity contribution in [2.45, 2.75) is 38.9 Å². The summed E-state index contributed by atoms with van der Waals surface area (Å²) in [5.41, 5.74) is 0. The minimum Gasteiger partial charge on any atom is -0.490 e. The molecule has 4 heteroatoms. The number of hydrogen-bond acceptors (Lipinski definition) is 4. The minimum atomic E-state index is 0.0911. The number of hydrogen-bond donors (Lipinski definition) is 0. The van der Waals surface area contributed by atoms with Crippen LogP contribution in [0.2, 0.25) is 0 Å². The second kappa shape index (κ2) is 4.60. The molecule has 16 heavy (non-hydrogen) atoms. The van der Waals surface area contributed by atoms with Crippen molar-refractivity contribution in [2.75, 3.05) is 7.11 Å². The van der Waals surface area contributed by atoms with Crippen molar-refractivity contribution in [1.29, 1.82) is 0 Å². The normalized spacial score (nSPS) is 15.0. The lowest BCUT2D eigenvalue weighted by Gasteiger charge is -2.12. The van der Waals surface area contributed by atoms with Crippen LogP contribution in [0.3, 0.4) is 0 Å². The Hall–Kier alpha value is -1.45. The zero-order valence-electron chi connectivity index (χ0n) is 9.90. The van der Waals surface area contributed by atoms with Crippen LogP contribution in [-0.4, -0.2) is 24.3 Å². The Morgan fingerprint density at radius 1 is 1.25 bits per heavy atom. The van der Waals surface area contributed by atoms with Gasteiger partial charge in [0.1, 0.15) is 5.75 Å². The standard InChI is InChI=1S/C12H17NO3/c1-8(2)15-12-7-10(16-9-4-5-9)6-11(13-12)14-3/h6-9H,4-5H2,1-3H3. The van der Waals surface area contributed by atoms with E-state index < -0.39 is 0 Å². The summed E-state index contributed by atoms with van der Waals surface area (Å²) in [4.78, 5) is 4.20. The Morgan fingerprint density at radius 2 is 1.94 bits per heavy atom. The van der Waals surface area contributed by atoms with E-state index >= 15 is 0 Å². The Bertz CT molecular complexity index is 339. The van der Waals surface area contributed by atoms with Gasteiger partial charge in [-0.05, 0) is 26.7 Å². The third kappa shape index (κ3) is 3.02. The van der Waals surface area contributed by atoms with Crippen LogP contribution in [0, 0.1) is 0 Å². The first-order chi connectivity index (χ1) is 7.67. The lowest BCUT2D eigenvalue weighted by Crippen LogP contribution is -2.08. The number of pyridine rings is 1. The fraction of sp³-hybridized carbons (Fsp3) is 0.583. The van der Waals surface area contributed by atoms with Gasteiger partial charge in [-0.1, -0.05) is 0 Å². The third-order valence-corrected chi connectivity index (χ3v) is 2.14. The summed E-state index contributed by atoms with van der Waals surface area (Å²) in [5.74, 6) is 1.84. The summed E-state index contributed by atoms with van der Waals surface area (Å²) in [7, 11) is 1.59. The maximum absolute atomic E-state index is 5.69. The van der Waals surface area contributed by atoms with Crippen LogP contribution in [0.1, 0.15) is 26.7 Å². The molecule has 0 amide bonds. The smallest absolute Gasteiger partial charge is 0.220 e. The molecule has 1 heterocycles. The van der Waals surface area contributed by atoms with E-state index in [0.29, 0.717) is 17.9 Å². The number of nitrogens with zero attached hydrogens (tertiary/aromatic N) is 1. The van der Waals surface area contributed by atoms with Gasteiger partial charge in [0.2, 0.25) is 11.8 Å². The third-order valence-electron chi connectivity index (χ3n) is 2.14. The number of ether oxygens (including phenoxy) is 3. The fourth-order valence-corrected chi connectivity index (χ4v) is 1.31. The topological polar surface area (TPSA) is 40.6 Å². The first-order valence-electron chi connectivity index (χ1n) is 5.57. The van der Waals surface area contributed by atoms with Gasteiger partial charge in [-0.3, -0.25) is 0 Å². The summed E-state index contributed by atoms with van der Waals surface area (Å²) in [5, 5.41) is 0. The molecular weight excluding hydrogens is 206 g/mol. The maximum Gasteiger partial charge on any atom is 0.220 e. The molecule has 2 rings (SSSR count). The zero-order chi connectivity index (χ0) is 11.5. The Balaban J connectivity index is 2.15. The molecule has 0 N–H and O–H groups in total. The number of rotatable bonds is 5. The van der Waals surface area contributed by atoms with Gasteiger partial charge in [-0.15, -0.1) is 0 Å². The molecule has 1 aliphatic rings. The van der Waals surface area contributed by atoms with Crippen molar-refractivity contribution in [2.24, 2.45) is 0 Å². The average Bonchev–Trinajstić information content (AvgIpc) is 3.00. The van der Waals surface area contributed by atoms with Crippen LogP contribution in [0.5, 0.6) is 17.5 Å². The first-order valence-corrected chi connectivity index (χ1v) is 5.57. The first kappa shape index (κ1) is 11.0. The van der Waals surface area contributed by atoms with Crippen LogP contribution < -0.4 is 14.2 Å². The van der Waals surface area contributed by atoms with E-state index in [-0.39, 0.29) is 6.10 Å². The average molecular weight is 223 g/mol. The van der Waals surface area contributed by atoms with E-state index in [1.54, 1.807) is 19.2 Å². The van der Waals surface area contributed by atoms with Gasteiger partial charge in [0.25, 0.3) is 0 Å². The molecule has 0 spiro atoms. The van der Waals surface area contributed by atoms with Crippen molar-refractivity contribution in [1.82, 2.24) is 4.98 Å². The highest BCUT2D eigenvalue weighted by molar-refractivity contribution is 5.33. The molecule has 0 aromatic carbocycles. The number of methoxy groups -OCH3 is 1. The van der Waals surface area contributed by atoms with Crippen LogP contribution in [0.15, 0.2) is 12.1 Å².